The fourth-order valence-electron chi connectivity index (χ4n) is 2.13. The molecule has 0 spiro atoms. The number of hydrogen-bond acceptors (Lipinski definition) is 5. The molecule has 0 saturated heterocycles. The Morgan fingerprint density at radius 3 is 2.63 bits per heavy atom. The van der Waals surface area contributed by atoms with Crippen LogP contribution in [0, 0.1) is 17.0 Å². The zero-order valence-electron chi connectivity index (χ0n) is 14.1. The van der Waals surface area contributed by atoms with Crippen molar-refractivity contribution in [3.8, 4) is 0 Å². The van der Waals surface area contributed by atoms with Crippen molar-refractivity contribution >= 4 is 52.5 Å². The number of rotatable bonds is 6. The van der Waals surface area contributed by atoms with Crippen LogP contribution < -0.4 is 5.32 Å². The average Bonchev–Trinajstić information content (AvgIpc) is 2.62. The fraction of sp³-hybridized carbons (Fsp3) is 0.111. The summed E-state index contributed by atoms with van der Waals surface area (Å²) >= 11 is 11.9. The molecule has 0 bridgehead atoms. The van der Waals surface area contributed by atoms with Gasteiger partial charge in [0, 0.05) is 12.1 Å². The number of amides is 1. The van der Waals surface area contributed by atoms with Gasteiger partial charge in [0.1, 0.15) is 0 Å². The van der Waals surface area contributed by atoms with Crippen LogP contribution in [0.3, 0.4) is 0 Å². The van der Waals surface area contributed by atoms with Crippen LogP contribution in [0.2, 0.25) is 10.0 Å². The third-order valence-corrected chi connectivity index (χ3v) is 4.34. The summed E-state index contributed by atoms with van der Waals surface area (Å²) in [6, 6.07) is 9.24. The predicted molar refractivity (Wildman–Crippen MR) is 103 cm³/mol. The van der Waals surface area contributed by atoms with Gasteiger partial charge in [-0.2, -0.15) is 0 Å². The van der Waals surface area contributed by atoms with Gasteiger partial charge in [-0.05, 0) is 30.7 Å². The maximum Gasteiger partial charge on any atom is 0.331 e. The van der Waals surface area contributed by atoms with E-state index in [1.54, 1.807) is 18.2 Å². The Morgan fingerprint density at radius 2 is 1.93 bits per heavy atom. The van der Waals surface area contributed by atoms with Crippen LogP contribution in [0.4, 0.5) is 11.4 Å². The lowest BCUT2D eigenvalue weighted by atomic mass is 10.1. The zero-order chi connectivity index (χ0) is 20.0. The number of carbonyl (C=O) groups is 2. The summed E-state index contributed by atoms with van der Waals surface area (Å²) in [6.07, 6.45) is 2.53. The Bertz CT molecular complexity index is 928. The van der Waals surface area contributed by atoms with Crippen molar-refractivity contribution < 1.29 is 19.2 Å². The molecular weight excluding hydrogens is 395 g/mol. The van der Waals surface area contributed by atoms with Gasteiger partial charge in [-0.25, -0.2) is 4.79 Å². The molecule has 0 saturated carbocycles. The van der Waals surface area contributed by atoms with Gasteiger partial charge in [0.15, 0.2) is 6.61 Å². The third kappa shape index (κ3) is 5.54. The molecule has 27 heavy (non-hydrogen) atoms. The number of esters is 1. The van der Waals surface area contributed by atoms with Crippen molar-refractivity contribution in [2.24, 2.45) is 0 Å². The molecule has 0 fully saturated rings. The molecule has 140 valence electrons. The second-order valence-electron chi connectivity index (χ2n) is 5.34. The molecule has 2 aromatic carbocycles. The van der Waals surface area contributed by atoms with Crippen molar-refractivity contribution in [3.05, 3.63) is 73.8 Å². The van der Waals surface area contributed by atoms with E-state index >= 15 is 0 Å². The van der Waals surface area contributed by atoms with Gasteiger partial charge in [-0.3, -0.25) is 14.9 Å². The van der Waals surface area contributed by atoms with Crippen molar-refractivity contribution in [1.29, 1.82) is 0 Å². The van der Waals surface area contributed by atoms with Gasteiger partial charge < -0.3 is 10.1 Å². The van der Waals surface area contributed by atoms with Gasteiger partial charge in [0.25, 0.3) is 11.6 Å². The molecule has 2 rings (SSSR count). The van der Waals surface area contributed by atoms with Crippen LogP contribution in [0.5, 0.6) is 0 Å². The van der Waals surface area contributed by atoms with Gasteiger partial charge in [-0.1, -0.05) is 41.4 Å². The van der Waals surface area contributed by atoms with Gasteiger partial charge in [-0.15, -0.1) is 0 Å². The van der Waals surface area contributed by atoms with Gasteiger partial charge in [0.05, 0.1) is 26.2 Å². The first-order chi connectivity index (χ1) is 12.8. The number of nitrogens with zero attached hydrogens (tertiary/aromatic N) is 1. The standard InChI is InChI=1S/C18H14Cl2N2O5/c1-11-14(6-3-7-15(11)22(25)26)21-16(23)10-27-17(24)9-8-12-4-2-5-13(19)18(12)20/h2-9H,10H2,1H3,(H,21,23)/b9-8+. The van der Waals surface area contributed by atoms with E-state index in [-0.39, 0.29) is 11.4 Å². The number of nitro groups is 1. The SMILES string of the molecule is Cc1c(NC(=O)COC(=O)/C=C/c2cccc(Cl)c2Cl)cccc1[N+](=O)[O-]. The summed E-state index contributed by atoms with van der Waals surface area (Å²) in [5, 5.41) is 14.0. The number of anilines is 1. The Labute approximate surface area is 164 Å². The molecule has 1 N–H and O–H groups in total. The normalized spacial score (nSPS) is 10.6. The number of nitro benzene ring substituents is 1. The van der Waals surface area contributed by atoms with Crippen LogP contribution in [0.1, 0.15) is 11.1 Å². The molecule has 2 aromatic rings. The number of ether oxygens (including phenoxy) is 1. The summed E-state index contributed by atoms with van der Waals surface area (Å²) < 4.78 is 4.84. The van der Waals surface area contributed by atoms with E-state index in [0.29, 0.717) is 21.2 Å². The minimum Gasteiger partial charge on any atom is -0.452 e. The van der Waals surface area contributed by atoms with Crippen molar-refractivity contribution in [2.45, 2.75) is 6.92 Å². The summed E-state index contributed by atoms with van der Waals surface area (Å²) in [7, 11) is 0. The van der Waals surface area contributed by atoms with E-state index in [9.17, 15) is 19.7 Å². The third-order valence-electron chi connectivity index (χ3n) is 3.50. The molecule has 0 aromatic heterocycles. The summed E-state index contributed by atoms with van der Waals surface area (Å²) in [4.78, 5) is 34.0. The molecular formula is C18H14Cl2N2O5. The maximum atomic E-state index is 11.9. The molecule has 0 aliphatic rings. The smallest absolute Gasteiger partial charge is 0.331 e. The van der Waals surface area contributed by atoms with Crippen LogP contribution in [-0.2, 0) is 14.3 Å². The first-order valence-electron chi connectivity index (χ1n) is 7.62. The summed E-state index contributed by atoms with van der Waals surface area (Å²) in [5.41, 5.74) is 0.980. The van der Waals surface area contributed by atoms with E-state index in [2.05, 4.69) is 5.32 Å². The van der Waals surface area contributed by atoms with Crippen LogP contribution in [0.25, 0.3) is 6.08 Å². The highest BCUT2D eigenvalue weighted by molar-refractivity contribution is 6.42. The van der Waals surface area contributed by atoms with Gasteiger partial charge >= 0.3 is 5.97 Å². The average molecular weight is 409 g/mol. The number of hydrogen-bond donors (Lipinski definition) is 1. The van der Waals surface area contributed by atoms with E-state index in [4.69, 9.17) is 27.9 Å². The maximum absolute atomic E-state index is 11.9. The van der Waals surface area contributed by atoms with Crippen LogP contribution in [-0.4, -0.2) is 23.4 Å². The minimum atomic E-state index is -0.753. The Kier molecular flexibility index (Phi) is 6.92. The molecule has 1 amide bonds. The summed E-state index contributed by atoms with van der Waals surface area (Å²) in [6.45, 7) is 0.964. The number of halogens is 2. The Morgan fingerprint density at radius 1 is 1.22 bits per heavy atom. The van der Waals surface area contributed by atoms with E-state index < -0.39 is 23.4 Å². The molecule has 0 unspecified atom stereocenters. The molecule has 0 aliphatic carbocycles. The first kappa shape index (κ1) is 20.4. The van der Waals surface area contributed by atoms with Crippen molar-refractivity contribution in [1.82, 2.24) is 0 Å². The van der Waals surface area contributed by atoms with Crippen LogP contribution in [0.15, 0.2) is 42.5 Å². The number of carbonyl (C=O) groups excluding carboxylic acids is 2. The highest BCUT2D eigenvalue weighted by atomic mass is 35.5. The predicted octanol–water partition coefficient (Wildman–Crippen LogP) is 4.41. The van der Waals surface area contributed by atoms with Crippen LogP contribution >= 0.6 is 23.2 Å². The second kappa shape index (κ2) is 9.16. The molecule has 0 radical (unpaired) electrons. The Hall–Kier alpha value is -2.90. The first-order valence-corrected chi connectivity index (χ1v) is 8.38. The molecule has 0 aliphatic heterocycles. The molecule has 9 heteroatoms. The zero-order valence-corrected chi connectivity index (χ0v) is 15.6. The fourth-order valence-corrected chi connectivity index (χ4v) is 2.51. The van der Waals surface area contributed by atoms with Crippen molar-refractivity contribution in [3.63, 3.8) is 0 Å². The number of benzene rings is 2. The highest BCUT2D eigenvalue weighted by Gasteiger charge is 2.15. The van der Waals surface area contributed by atoms with E-state index in [0.717, 1.165) is 6.08 Å². The molecule has 7 nitrogen and oxygen atoms in total. The van der Waals surface area contributed by atoms with E-state index in [1.807, 2.05) is 0 Å². The Balaban J connectivity index is 1.93. The second-order valence-corrected chi connectivity index (χ2v) is 6.12. The summed E-state index contributed by atoms with van der Waals surface area (Å²) in [5.74, 6) is -1.38. The number of nitrogens with one attached hydrogen (secondary N) is 1. The topological polar surface area (TPSA) is 98.5 Å². The van der Waals surface area contributed by atoms with Crippen molar-refractivity contribution in [2.75, 3.05) is 11.9 Å². The lowest BCUT2D eigenvalue weighted by Crippen LogP contribution is -2.20. The minimum absolute atomic E-state index is 0.119. The lowest BCUT2D eigenvalue weighted by molar-refractivity contribution is -0.385. The monoisotopic (exact) mass is 408 g/mol. The highest BCUT2D eigenvalue weighted by Crippen LogP contribution is 2.26. The largest absolute Gasteiger partial charge is 0.452 e. The molecule has 0 atom stereocenters. The van der Waals surface area contributed by atoms with E-state index in [1.165, 1.54) is 31.2 Å². The quantitative estimate of drug-likeness (QED) is 0.330. The molecule has 0 heterocycles. The lowest BCUT2D eigenvalue weighted by Gasteiger charge is -2.08. The van der Waals surface area contributed by atoms with Gasteiger partial charge in [0.2, 0.25) is 0 Å².